The van der Waals surface area contributed by atoms with E-state index in [9.17, 15) is 44.7 Å². The molecule has 0 atom stereocenters. The zero-order chi connectivity index (χ0) is 38.4. The van der Waals surface area contributed by atoms with Crippen LogP contribution in [0.3, 0.4) is 0 Å². The van der Waals surface area contributed by atoms with Crippen LogP contribution in [0.25, 0.3) is 22.5 Å². The summed E-state index contributed by atoms with van der Waals surface area (Å²) >= 11 is 0. The van der Waals surface area contributed by atoms with Crippen molar-refractivity contribution in [2.75, 3.05) is 12.4 Å². The quantitative estimate of drug-likeness (QED) is 0.134. The van der Waals surface area contributed by atoms with Gasteiger partial charge in [0.2, 0.25) is 0 Å². The highest BCUT2D eigenvalue weighted by Gasteiger charge is 2.38. The highest BCUT2D eigenvalue weighted by molar-refractivity contribution is 6.03. The Morgan fingerprint density at radius 3 is 1.57 bits per heavy atom. The Morgan fingerprint density at radius 1 is 0.717 bits per heavy atom. The molecule has 0 bridgehead atoms. The molecule has 1 N–H and O–H groups in total. The smallest absolute Gasteiger partial charge is 0.417 e. The van der Waals surface area contributed by atoms with Crippen molar-refractivity contribution in [1.29, 1.82) is 0 Å². The summed E-state index contributed by atoms with van der Waals surface area (Å²) in [5.74, 6) is -3.75. The van der Waals surface area contributed by atoms with Gasteiger partial charge in [-0.15, -0.1) is 0 Å². The van der Waals surface area contributed by atoms with E-state index in [2.05, 4.69) is 29.9 Å². The van der Waals surface area contributed by atoms with Gasteiger partial charge >= 0.3 is 18.3 Å². The fourth-order valence-electron chi connectivity index (χ4n) is 5.49. The lowest BCUT2D eigenvalue weighted by molar-refractivity contribution is -0.138. The number of alkyl halides is 6. The molecule has 5 aromatic rings. The summed E-state index contributed by atoms with van der Waals surface area (Å²) in [6.45, 7) is 0. The van der Waals surface area contributed by atoms with Gasteiger partial charge in [0.05, 0.1) is 42.0 Å². The third-order valence-electron chi connectivity index (χ3n) is 8.48. The average molecular weight is 749 g/mol. The monoisotopic (exact) mass is 748 g/mol. The molecule has 2 saturated carbocycles. The van der Waals surface area contributed by atoms with Crippen LogP contribution in [0.2, 0.25) is 0 Å². The number of hydrogen-bond acceptors (Lipinski definition) is 8. The highest BCUT2D eigenvalue weighted by atomic mass is 19.4. The number of nitrogens with one attached hydrogen (secondary N) is 1. The second-order valence-electron chi connectivity index (χ2n) is 12.4. The number of aryl methyl sites for hydroxylation is 2. The minimum absolute atomic E-state index is 0.0157. The van der Waals surface area contributed by atoms with E-state index in [-0.39, 0.29) is 45.7 Å². The number of anilines is 1. The number of esters is 1. The number of aromatic nitrogens is 7. The first kappa shape index (κ1) is 37.0. The van der Waals surface area contributed by atoms with Crippen LogP contribution in [0.4, 0.5) is 40.8 Å². The number of methoxy groups -OCH3 is 1. The third-order valence-corrected chi connectivity index (χ3v) is 8.48. The molecule has 2 aliphatic carbocycles. The third kappa shape index (κ3) is 8.02. The van der Waals surface area contributed by atoms with E-state index in [1.54, 1.807) is 0 Å². The first-order valence-electron chi connectivity index (χ1n) is 15.9. The molecular formula is C34H28F8N8O3. The fraction of sp³-hybridized carbons (Fsp3) is 0.324. The molecule has 278 valence electrons. The van der Waals surface area contributed by atoms with Crippen LogP contribution < -0.4 is 5.32 Å². The van der Waals surface area contributed by atoms with Crippen LogP contribution in [0, 0.1) is 11.6 Å². The average Bonchev–Trinajstić information content (AvgIpc) is 4.04. The Kier molecular flexibility index (Phi) is 9.78. The number of rotatable bonds is 7. The molecule has 1 amide bonds. The normalized spacial score (nSPS) is 14.4. The van der Waals surface area contributed by atoms with Crippen molar-refractivity contribution >= 4 is 17.6 Å². The lowest BCUT2D eigenvalue weighted by Crippen LogP contribution is -2.15. The molecule has 11 nitrogen and oxygen atoms in total. The SMILES string of the molecule is COC(=O)c1cc(-c2cnc(C3CC3)cc2C(F)(F)F)n(C)n1.Cn1nc(C(=O)Nc2c(F)cncc2F)cc1-c1cnc(C2CC2)cc1C(F)(F)F. The van der Waals surface area contributed by atoms with Crippen molar-refractivity contribution in [3.05, 3.63) is 94.6 Å². The molecule has 0 spiro atoms. The van der Waals surface area contributed by atoms with Gasteiger partial charge in [-0.05, 0) is 49.9 Å². The molecule has 0 aromatic carbocycles. The minimum Gasteiger partial charge on any atom is -0.464 e. The molecule has 5 heterocycles. The summed E-state index contributed by atoms with van der Waals surface area (Å²) in [4.78, 5) is 35.5. The lowest BCUT2D eigenvalue weighted by atomic mass is 10.0. The number of hydrogen-bond donors (Lipinski definition) is 1. The van der Waals surface area contributed by atoms with Crippen molar-refractivity contribution in [2.45, 2.75) is 49.9 Å². The molecule has 53 heavy (non-hydrogen) atoms. The fourth-order valence-corrected chi connectivity index (χ4v) is 5.49. The van der Waals surface area contributed by atoms with Crippen molar-refractivity contribution in [3.8, 4) is 22.5 Å². The zero-order valence-electron chi connectivity index (χ0n) is 28.0. The van der Waals surface area contributed by atoms with Crippen LogP contribution in [-0.4, -0.2) is 53.5 Å². The van der Waals surface area contributed by atoms with E-state index in [0.717, 1.165) is 54.8 Å². The molecule has 2 fully saturated rings. The Hall–Kier alpha value is -5.75. The number of carbonyl (C=O) groups excluding carboxylic acids is 2. The van der Waals surface area contributed by atoms with Crippen molar-refractivity contribution in [3.63, 3.8) is 0 Å². The maximum Gasteiger partial charge on any atom is 0.417 e. The van der Waals surface area contributed by atoms with Gasteiger partial charge in [-0.2, -0.15) is 36.5 Å². The number of carbonyl (C=O) groups is 2. The van der Waals surface area contributed by atoms with Crippen LogP contribution in [0.1, 0.15) is 81.0 Å². The molecular weight excluding hydrogens is 720 g/mol. The first-order valence-corrected chi connectivity index (χ1v) is 15.9. The summed E-state index contributed by atoms with van der Waals surface area (Å²) in [5.41, 5.74) is -2.14. The van der Waals surface area contributed by atoms with E-state index in [1.807, 2.05) is 5.32 Å². The van der Waals surface area contributed by atoms with Crippen molar-refractivity contribution in [1.82, 2.24) is 34.5 Å². The summed E-state index contributed by atoms with van der Waals surface area (Å²) in [7, 11) is 4.01. The van der Waals surface area contributed by atoms with Gasteiger partial charge in [-0.1, -0.05) is 0 Å². The van der Waals surface area contributed by atoms with E-state index in [4.69, 9.17) is 0 Å². The maximum absolute atomic E-state index is 13.7. The second-order valence-corrected chi connectivity index (χ2v) is 12.4. The molecule has 0 radical (unpaired) electrons. The van der Waals surface area contributed by atoms with Crippen LogP contribution in [-0.2, 0) is 31.2 Å². The summed E-state index contributed by atoms with van der Waals surface area (Å²) in [5, 5.41) is 9.80. The zero-order valence-corrected chi connectivity index (χ0v) is 28.0. The Labute approximate surface area is 295 Å². The predicted octanol–water partition coefficient (Wildman–Crippen LogP) is 7.47. The van der Waals surface area contributed by atoms with E-state index < -0.39 is 52.7 Å². The molecule has 0 unspecified atom stereocenters. The topological polar surface area (TPSA) is 130 Å². The molecule has 0 aliphatic heterocycles. The molecule has 2 aliphatic rings. The molecule has 19 heteroatoms. The predicted molar refractivity (Wildman–Crippen MR) is 170 cm³/mol. The first-order chi connectivity index (χ1) is 25.0. The lowest BCUT2D eigenvalue weighted by Gasteiger charge is -2.14. The van der Waals surface area contributed by atoms with Gasteiger partial charge < -0.3 is 10.1 Å². The number of pyridine rings is 3. The van der Waals surface area contributed by atoms with Gasteiger partial charge in [0.25, 0.3) is 5.91 Å². The summed E-state index contributed by atoms with van der Waals surface area (Å²) < 4.78 is 115. The maximum atomic E-state index is 13.7. The highest BCUT2D eigenvalue weighted by Crippen LogP contribution is 2.45. The van der Waals surface area contributed by atoms with Gasteiger partial charge in [0.15, 0.2) is 23.0 Å². The number of halogens is 8. The van der Waals surface area contributed by atoms with Crippen LogP contribution in [0.5, 0.6) is 0 Å². The van der Waals surface area contributed by atoms with E-state index >= 15 is 0 Å². The van der Waals surface area contributed by atoms with Crippen LogP contribution in [0.15, 0.2) is 49.1 Å². The van der Waals surface area contributed by atoms with Gasteiger partial charge in [-0.25, -0.2) is 13.6 Å². The van der Waals surface area contributed by atoms with Gasteiger partial charge in [0, 0.05) is 60.8 Å². The van der Waals surface area contributed by atoms with E-state index in [0.29, 0.717) is 23.8 Å². The van der Waals surface area contributed by atoms with E-state index in [1.165, 1.54) is 38.2 Å². The Morgan fingerprint density at radius 2 is 1.15 bits per heavy atom. The number of amides is 1. The van der Waals surface area contributed by atoms with Gasteiger partial charge in [0.1, 0.15) is 5.69 Å². The van der Waals surface area contributed by atoms with Crippen LogP contribution >= 0.6 is 0 Å². The second kappa shape index (κ2) is 14.0. The van der Waals surface area contributed by atoms with Crippen molar-refractivity contribution < 1.29 is 49.4 Å². The standard InChI is InChI=1S/C19H14F5N5O.C15H14F3N3O2/c1-29-16(10-6-26-14(9-2-3-9)4-11(10)19(22,23)24)5-15(28-29)18(30)27-17-12(20)7-25-8-13(17)21;1-21-13(6-12(20-21)14(22)23-2)9-7-19-11(8-3-4-8)5-10(9)15(16,17)18/h4-9H,2-3H2,1H3,(H,25,27,30);5-8H,3-4H2,1-2H3. The summed E-state index contributed by atoms with van der Waals surface area (Å²) in [6.07, 6.45) is -2.11. The number of ether oxygens (including phenoxy) is 1. The van der Waals surface area contributed by atoms with Crippen molar-refractivity contribution in [2.24, 2.45) is 14.1 Å². The Bertz CT molecular complexity index is 2180. The largest absolute Gasteiger partial charge is 0.464 e. The minimum atomic E-state index is -4.64. The summed E-state index contributed by atoms with van der Waals surface area (Å²) in [6, 6.07) is 4.49. The number of nitrogens with zero attached hydrogens (tertiary/aromatic N) is 7. The molecule has 0 saturated heterocycles. The van der Waals surface area contributed by atoms with Gasteiger partial charge in [-0.3, -0.25) is 29.1 Å². The molecule has 5 aromatic heterocycles. The molecule has 7 rings (SSSR count). The Balaban J connectivity index is 0.000000188.